The van der Waals surface area contributed by atoms with Gasteiger partial charge in [-0.3, -0.25) is 9.59 Å². The number of nitrogens with one attached hydrogen (secondary N) is 1. The summed E-state index contributed by atoms with van der Waals surface area (Å²) in [5, 5.41) is 3.51. The van der Waals surface area contributed by atoms with Crippen LogP contribution in [0.1, 0.15) is 62.1 Å². The first-order valence-corrected chi connectivity index (χ1v) is 11.4. The van der Waals surface area contributed by atoms with Crippen molar-refractivity contribution >= 4 is 24.2 Å². The molecule has 166 valence electrons. The highest BCUT2D eigenvalue weighted by atomic mass is 35.5. The zero-order chi connectivity index (χ0) is 20.4. The molecule has 1 N–H and O–H groups in total. The van der Waals surface area contributed by atoms with Gasteiger partial charge in [-0.1, -0.05) is 43.5 Å². The van der Waals surface area contributed by atoms with Gasteiger partial charge in [-0.25, -0.2) is 0 Å². The van der Waals surface area contributed by atoms with Crippen molar-refractivity contribution in [2.75, 3.05) is 26.7 Å². The number of fused-ring (bicyclic) bond motifs is 1. The summed E-state index contributed by atoms with van der Waals surface area (Å²) < 4.78 is 0. The van der Waals surface area contributed by atoms with Crippen LogP contribution in [0.2, 0.25) is 0 Å². The lowest BCUT2D eigenvalue weighted by atomic mass is 9.87. The fourth-order valence-electron chi connectivity index (χ4n) is 5.70. The van der Waals surface area contributed by atoms with Gasteiger partial charge < -0.3 is 15.1 Å². The molecule has 30 heavy (non-hydrogen) atoms. The van der Waals surface area contributed by atoms with E-state index in [1.165, 1.54) is 30.4 Å². The van der Waals surface area contributed by atoms with Crippen LogP contribution in [0, 0.1) is 18.8 Å². The molecule has 3 fully saturated rings. The van der Waals surface area contributed by atoms with Gasteiger partial charge in [-0.2, -0.15) is 0 Å². The summed E-state index contributed by atoms with van der Waals surface area (Å²) in [6, 6.07) is 8.94. The number of likely N-dealkylation sites (tertiary alicyclic amines) is 1. The molecular formula is C24H36ClN3O2. The normalized spacial score (nSPS) is 26.2. The van der Waals surface area contributed by atoms with E-state index >= 15 is 0 Å². The fourth-order valence-corrected chi connectivity index (χ4v) is 5.70. The average Bonchev–Trinajstić information content (AvgIpc) is 3.34. The molecule has 0 bridgehead atoms. The number of hydrogen-bond donors (Lipinski definition) is 1. The third-order valence-electron chi connectivity index (χ3n) is 7.46. The van der Waals surface area contributed by atoms with Gasteiger partial charge >= 0.3 is 0 Å². The number of carbonyl (C=O) groups is 2. The summed E-state index contributed by atoms with van der Waals surface area (Å²) in [6.07, 6.45) is 6.57. The number of nitrogens with zero attached hydrogens (tertiary/aromatic N) is 2. The number of rotatable bonds is 5. The molecule has 1 saturated carbocycles. The molecule has 2 amide bonds. The quantitative estimate of drug-likeness (QED) is 0.770. The minimum absolute atomic E-state index is 0. The van der Waals surface area contributed by atoms with E-state index < -0.39 is 0 Å². The largest absolute Gasteiger partial charge is 0.343 e. The molecule has 3 atom stereocenters. The predicted molar refractivity (Wildman–Crippen MR) is 122 cm³/mol. The van der Waals surface area contributed by atoms with E-state index in [-0.39, 0.29) is 30.3 Å². The van der Waals surface area contributed by atoms with Gasteiger partial charge in [0.2, 0.25) is 11.8 Å². The minimum atomic E-state index is 0. The molecule has 6 heteroatoms. The van der Waals surface area contributed by atoms with Crippen molar-refractivity contribution in [2.45, 2.75) is 64.0 Å². The summed E-state index contributed by atoms with van der Waals surface area (Å²) >= 11 is 0. The van der Waals surface area contributed by atoms with Crippen LogP contribution in [-0.4, -0.2) is 54.3 Å². The van der Waals surface area contributed by atoms with Crippen LogP contribution in [0.4, 0.5) is 0 Å². The predicted octanol–water partition coefficient (Wildman–Crippen LogP) is 3.71. The van der Waals surface area contributed by atoms with E-state index in [4.69, 9.17) is 0 Å². The van der Waals surface area contributed by atoms with Gasteiger partial charge in [0.15, 0.2) is 0 Å². The number of halogens is 1. The Kier molecular flexibility index (Phi) is 7.81. The van der Waals surface area contributed by atoms with Crippen LogP contribution in [-0.2, 0) is 9.59 Å². The summed E-state index contributed by atoms with van der Waals surface area (Å²) in [5.41, 5.74) is 2.51. The minimum Gasteiger partial charge on any atom is -0.343 e. The average molecular weight is 434 g/mol. The Labute approximate surface area is 187 Å². The highest BCUT2D eigenvalue weighted by Gasteiger charge is 2.46. The van der Waals surface area contributed by atoms with Crippen LogP contribution in [0.5, 0.6) is 0 Å². The highest BCUT2D eigenvalue weighted by Crippen LogP contribution is 2.43. The SMILES string of the molecule is Cc1ccccc1[C@@H]1[C@H]2CNC[C@H]2CN1C(=O)CCC(=O)N(C)C1CCCCC1.Cl. The molecular weight excluding hydrogens is 398 g/mol. The van der Waals surface area contributed by atoms with Crippen molar-refractivity contribution in [3.8, 4) is 0 Å². The van der Waals surface area contributed by atoms with Crippen LogP contribution < -0.4 is 5.32 Å². The van der Waals surface area contributed by atoms with Crippen LogP contribution in [0.15, 0.2) is 24.3 Å². The van der Waals surface area contributed by atoms with Crippen molar-refractivity contribution in [1.82, 2.24) is 15.1 Å². The standard InChI is InChI=1S/C24H35N3O2.ClH/c1-17-8-6-7-11-20(17)24-21-15-25-14-18(21)16-27(24)23(29)13-12-22(28)26(2)19-9-4-3-5-10-19;/h6-8,11,18-19,21,24-25H,3-5,9-10,12-16H2,1-2H3;1H/t18-,21-,24+;/m0./s1. The van der Waals surface area contributed by atoms with Crippen LogP contribution in [0.25, 0.3) is 0 Å². The zero-order valence-corrected chi connectivity index (χ0v) is 19.1. The Balaban J connectivity index is 0.00000256. The second kappa shape index (κ2) is 10.1. The second-order valence-corrected chi connectivity index (χ2v) is 9.23. The van der Waals surface area contributed by atoms with Crippen molar-refractivity contribution in [3.63, 3.8) is 0 Å². The third kappa shape index (κ3) is 4.67. The Hall–Kier alpha value is -1.59. The molecule has 0 aromatic heterocycles. The van der Waals surface area contributed by atoms with Crippen molar-refractivity contribution in [2.24, 2.45) is 11.8 Å². The molecule has 2 aliphatic heterocycles. The Morgan fingerprint density at radius 2 is 1.83 bits per heavy atom. The van der Waals surface area contributed by atoms with Gasteiger partial charge in [0, 0.05) is 51.5 Å². The fraction of sp³-hybridized carbons (Fsp3) is 0.667. The number of benzene rings is 1. The van der Waals surface area contributed by atoms with E-state index in [2.05, 4.69) is 41.4 Å². The van der Waals surface area contributed by atoms with E-state index in [9.17, 15) is 9.59 Å². The first-order valence-electron chi connectivity index (χ1n) is 11.4. The zero-order valence-electron chi connectivity index (χ0n) is 18.3. The number of hydrogen-bond acceptors (Lipinski definition) is 3. The van der Waals surface area contributed by atoms with Gasteiger partial charge in [0.25, 0.3) is 0 Å². The first kappa shape index (κ1) is 23.1. The van der Waals surface area contributed by atoms with Gasteiger partial charge in [-0.15, -0.1) is 12.4 Å². The summed E-state index contributed by atoms with van der Waals surface area (Å²) in [4.78, 5) is 29.9. The van der Waals surface area contributed by atoms with Crippen molar-refractivity contribution < 1.29 is 9.59 Å². The maximum atomic E-state index is 13.2. The molecule has 0 radical (unpaired) electrons. The lowest BCUT2D eigenvalue weighted by Gasteiger charge is -2.32. The van der Waals surface area contributed by atoms with Crippen LogP contribution >= 0.6 is 12.4 Å². The number of aryl methyl sites for hydroxylation is 1. The lowest BCUT2D eigenvalue weighted by molar-refractivity contribution is -0.138. The molecule has 1 aliphatic carbocycles. The second-order valence-electron chi connectivity index (χ2n) is 9.23. The van der Waals surface area contributed by atoms with Crippen LogP contribution in [0.3, 0.4) is 0 Å². The van der Waals surface area contributed by atoms with E-state index in [1.54, 1.807) is 0 Å². The first-order chi connectivity index (χ1) is 14.1. The molecule has 2 saturated heterocycles. The summed E-state index contributed by atoms with van der Waals surface area (Å²) in [6.45, 7) is 4.90. The molecule has 0 spiro atoms. The molecule has 2 heterocycles. The Bertz CT molecular complexity index is 750. The van der Waals surface area contributed by atoms with E-state index in [0.717, 1.165) is 32.5 Å². The number of carbonyl (C=O) groups excluding carboxylic acids is 2. The summed E-state index contributed by atoms with van der Waals surface area (Å²) in [7, 11) is 1.92. The molecule has 1 aromatic rings. The smallest absolute Gasteiger partial charge is 0.223 e. The van der Waals surface area contributed by atoms with Gasteiger partial charge in [-0.05, 0) is 36.8 Å². The molecule has 5 nitrogen and oxygen atoms in total. The Morgan fingerprint density at radius 3 is 2.57 bits per heavy atom. The maximum absolute atomic E-state index is 13.2. The van der Waals surface area contributed by atoms with E-state index in [0.29, 0.717) is 30.7 Å². The summed E-state index contributed by atoms with van der Waals surface area (Å²) in [5.74, 6) is 1.25. The topological polar surface area (TPSA) is 52.7 Å². The molecule has 3 aliphatic rings. The monoisotopic (exact) mass is 433 g/mol. The third-order valence-corrected chi connectivity index (χ3v) is 7.46. The number of amides is 2. The lowest BCUT2D eigenvalue weighted by Crippen LogP contribution is -2.39. The molecule has 1 aromatic carbocycles. The van der Waals surface area contributed by atoms with Crippen molar-refractivity contribution in [1.29, 1.82) is 0 Å². The highest BCUT2D eigenvalue weighted by molar-refractivity contribution is 5.85. The molecule has 4 rings (SSSR count). The van der Waals surface area contributed by atoms with Crippen molar-refractivity contribution in [3.05, 3.63) is 35.4 Å². The maximum Gasteiger partial charge on any atom is 0.223 e. The van der Waals surface area contributed by atoms with E-state index in [1.807, 2.05) is 11.9 Å². The van der Waals surface area contributed by atoms with Gasteiger partial charge in [0.05, 0.1) is 6.04 Å². The van der Waals surface area contributed by atoms with Gasteiger partial charge in [0.1, 0.15) is 0 Å². The molecule has 0 unspecified atom stereocenters. The Morgan fingerprint density at radius 1 is 1.10 bits per heavy atom.